The summed E-state index contributed by atoms with van der Waals surface area (Å²) in [6, 6.07) is 27.9. The molecule has 5 rings (SSSR count). The van der Waals surface area contributed by atoms with E-state index in [1.807, 2.05) is 23.1 Å². The maximum atomic E-state index is 13.7. The summed E-state index contributed by atoms with van der Waals surface area (Å²) in [4.78, 5) is 20.6. The van der Waals surface area contributed by atoms with Crippen LogP contribution < -0.4 is 4.90 Å². The predicted octanol–water partition coefficient (Wildman–Crippen LogP) is 7.65. The zero-order valence-corrected chi connectivity index (χ0v) is 24.3. The molecule has 1 aliphatic carbocycles. The van der Waals surface area contributed by atoms with Crippen LogP contribution in [0.2, 0.25) is 5.02 Å². The maximum absolute atomic E-state index is 13.7. The topological polar surface area (TPSA) is 26.8 Å². The number of amides is 1. The van der Waals surface area contributed by atoms with Crippen molar-refractivity contribution < 1.29 is 4.79 Å². The molecule has 1 saturated heterocycles. The lowest BCUT2D eigenvalue weighted by molar-refractivity contribution is 0.0663. The van der Waals surface area contributed by atoms with Crippen molar-refractivity contribution in [2.24, 2.45) is 0 Å². The van der Waals surface area contributed by atoms with Crippen molar-refractivity contribution in [3.63, 3.8) is 0 Å². The first kappa shape index (κ1) is 28.4. The summed E-state index contributed by atoms with van der Waals surface area (Å²) in [5, 5.41) is 0.582. The third-order valence-corrected chi connectivity index (χ3v) is 9.06. The van der Waals surface area contributed by atoms with Gasteiger partial charge in [-0.25, -0.2) is 0 Å². The van der Waals surface area contributed by atoms with Gasteiger partial charge in [0.05, 0.1) is 16.3 Å². The number of hydrogen-bond acceptors (Lipinski definition) is 3. The number of hydrogen-bond donors (Lipinski definition) is 0. The first-order valence-electron chi connectivity index (χ1n) is 14.9. The highest BCUT2D eigenvalue weighted by atomic mass is 35.5. The Kier molecular flexibility index (Phi) is 9.96. The molecule has 5 heteroatoms. The first-order valence-corrected chi connectivity index (χ1v) is 15.3. The number of halogens is 1. The van der Waals surface area contributed by atoms with Gasteiger partial charge in [0.1, 0.15) is 0 Å². The van der Waals surface area contributed by atoms with Crippen molar-refractivity contribution in [2.75, 3.05) is 44.2 Å². The Morgan fingerprint density at radius 3 is 2.10 bits per heavy atom. The Labute approximate surface area is 245 Å². The molecule has 1 saturated carbocycles. The average molecular weight is 556 g/mol. The molecule has 1 amide bonds. The van der Waals surface area contributed by atoms with Crippen LogP contribution in [0.15, 0.2) is 91.5 Å². The minimum Gasteiger partial charge on any atom is -0.368 e. The molecule has 0 aromatic heterocycles. The van der Waals surface area contributed by atoms with Crippen molar-refractivity contribution in [1.82, 2.24) is 9.80 Å². The number of anilines is 1. The van der Waals surface area contributed by atoms with E-state index >= 15 is 0 Å². The Morgan fingerprint density at radius 1 is 0.875 bits per heavy atom. The van der Waals surface area contributed by atoms with Crippen LogP contribution in [0, 0.1) is 0 Å². The van der Waals surface area contributed by atoms with Crippen LogP contribution in [0.3, 0.4) is 0 Å². The Morgan fingerprint density at radius 2 is 1.50 bits per heavy atom. The van der Waals surface area contributed by atoms with Crippen molar-refractivity contribution in [2.45, 2.75) is 50.5 Å². The van der Waals surface area contributed by atoms with E-state index in [0.29, 0.717) is 23.0 Å². The molecule has 210 valence electrons. The van der Waals surface area contributed by atoms with Gasteiger partial charge in [0.25, 0.3) is 5.91 Å². The molecule has 2 fully saturated rings. The third kappa shape index (κ3) is 6.79. The van der Waals surface area contributed by atoms with Gasteiger partial charge < -0.3 is 9.80 Å². The zero-order valence-electron chi connectivity index (χ0n) is 23.6. The second-order valence-electron chi connectivity index (χ2n) is 11.2. The van der Waals surface area contributed by atoms with Crippen LogP contribution in [-0.4, -0.2) is 61.0 Å². The number of nitrogens with zero attached hydrogens (tertiary/aromatic N) is 3. The van der Waals surface area contributed by atoms with Gasteiger partial charge in [-0.1, -0.05) is 104 Å². The highest BCUT2D eigenvalue weighted by molar-refractivity contribution is 6.36. The third-order valence-electron chi connectivity index (χ3n) is 8.66. The number of benzene rings is 3. The van der Waals surface area contributed by atoms with Gasteiger partial charge in [-0.2, -0.15) is 0 Å². The summed E-state index contributed by atoms with van der Waals surface area (Å²) >= 11 is 6.97. The van der Waals surface area contributed by atoms with Crippen LogP contribution in [0.4, 0.5) is 5.69 Å². The smallest absolute Gasteiger partial charge is 0.255 e. The largest absolute Gasteiger partial charge is 0.368 e. The van der Waals surface area contributed by atoms with E-state index in [1.165, 1.54) is 30.4 Å². The highest BCUT2D eigenvalue weighted by Gasteiger charge is 2.28. The van der Waals surface area contributed by atoms with E-state index in [-0.39, 0.29) is 11.9 Å². The summed E-state index contributed by atoms with van der Waals surface area (Å²) in [5.41, 5.74) is 4.34. The quantitative estimate of drug-likeness (QED) is 0.240. The molecule has 40 heavy (non-hydrogen) atoms. The van der Waals surface area contributed by atoms with Crippen molar-refractivity contribution in [3.8, 4) is 0 Å². The molecule has 4 nitrogen and oxygen atoms in total. The van der Waals surface area contributed by atoms with Crippen LogP contribution >= 0.6 is 11.6 Å². The van der Waals surface area contributed by atoms with E-state index in [4.69, 9.17) is 11.6 Å². The van der Waals surface area contributed by atoms with E-state index in [2.05, 4.69) is 83.1 Å². The standard InChI is InChI=1S/C35H42ClN3O/c1-2-22-39(30-17-10-5-11-18-30)35(40)32-19-12-20-33(34(32)36)38-26-24-37(25-27-38)23-21-31(28-13-6-3-7-14-28)29-15-8-4-9-16-29/h2-4,6-9,12-16,19-20,30-31H,1,5,10-11,17-18,21-27H2. The minimum atomic E-state index is 0.0325. The molecule has 3 aromatic carbocycles. The van der Waals surface area contributed by atoms with Crippen LogP contribution in [0.1, 0.15) is 65.9 Å². The molecule has 0 unspecified atom stereocenters. The monoisotopic (exact) mass is 555 g/mol. The Balaban J connectivity index is 1.22. The summed E-state index contributed by atoms with van der Waals surface area (Å²) in [5.74, 6) is 0.422. The molecule has 3 aromatic rings. The molecule has 0 atom stereocenters. The van der Waals surface area contributed by atoms with Gasteiger partial charge in [0.2, 0.25) is 0 Å². The molecular weight excluding hydrogens is 514 g/mol. The summed E-state index contributed by atoms with van der Waals surface area (Å²) in [6.07, 6.45) is 8.67. The van der Waals surface area contributed by atoms with E-state index in [1.54, 1.807) is 0 Å². The second kappa shape index (κ2) is 14.0. The molecular formula is C35H42ClN3O. The molecule has 1 aliphatic heterocycles. The highest BCUT2D eigenvalue weighted by Crippen LogP contribution is 2.33. The van der Waals surface area contributed by atoms with E-state index in [9.17, 15) is 4.79 Å². The molecule has 2 aliphatic rings. The SMILES string of the molecule is C=CCN(C(=O)c1cccc(N2CCN(CCC(c3ccccc3)c3ccccc3)CC2)c1Cl)C1CCCCC1. The van der Waals surface area contributed by atoms with Crippen molar-refractivity contribution in [3.05, 3.63) is 113 Å². The zero-order chi connectivity index (χ0) is 27.7. The first-order chi connectivity index (χ1) is 19.7. The minimum absolute atomic E-state index is 0.0325. The number of piperazine rings is 1. The summed E-state index contributed by atoms with van der Waals surface area (Å²) < 4.78 is 0. The molecule has 0 radical (unpaired) electrons. The van der Waals surface area contributed by atoms with Gasteiger partial charge in [-0.15, -0.1) is 6.58 Å². The van der Waals surface area contributed by atoms with Gasteiger partial charge in [0.15, 0.2) is 0 Å². The van der Waals surface area contributed by atoms with Gasteiger partial charge in [-0.3, -0.25) is 9.69 Å². The predicted molar refractivity (Wildman–Crippen MR) is 168 cm³/mol. The summed E-state index contributed by atoms with van der Waals surface area (Å²) in [6.45, 7) is 9.29. The molecule has 0 spiro atoms. The number of carbonyl (C=O) groups excluding carboxylic acids is 1. The molecule has 1 heterocycles. The van der Waals surface area contributed by atoms with Crippen LogP contribution in [-0.2, 0) is 0 Å². The molecule has 0 N–H and O–H groups in total. The fourth-order valence-electron chi connectivity index (χ4n) is 6.43. The van der Waals surface area contributed by atoms with Crippen LogP contribution in [0.25, 0.3) is 0 Å². The lowest BCUT2D eigenvalue weighted by Gasteiger charge is -2.38. The lowest BCUT2D eigenvalue weighted by atomic mass is 9.88. The Hall–Kier alpha value is -3.08. The van der Waals surface area contributed by atoms with Crippen molar-refractivity contribution >= 4 is 23.2 Å². The number of rotatable bonds is 10. The van der Waals surface area contributed by atoms with Gasteiger partial charge >= 0.3 is 0 Å². The normalized spacial score (nSPS) is 16.7. The number of carbonyl (C=O) groups is 1. The maximum Gasteiger partial charge on any atom is 0.255 e. The Bertz CT molecular complexity index is 1190. The van der Waals surface area contributed by atoms with E-state index in [0.717, 1.165) is 57.7 Å². The second-order valence-corrected chi connectivity index (χ2v) is 11.5. The fraction of sp³-hybridized carbons (Fsp3) is 0.400. The fourth-order valence-corrected chi connectivity index (χ4v) is 6.76. The van der Waals surface area contributed by atoms with Gasteiger partial charge in [0, 0.05) is 44.7 Å². The summed E-state index contributed by atoms with van der Waals surface area (Å²) in [7, 11) is 0. The average Bonchev–Trinajstić information content (AvgIpc) is 3.02. The van der Waals surface area contributed by atoms with E-state index < -0.39 is 0 Å². The van der Waals surface area contributed by atoms with Crippen LogP contribution in [0.5, 0.6) is 0 Å². The lowest BCUT2D eigenvalue weighted by Crippen LogP contribution is -2.47. The molecule has 0 bridgehead atoms. The van der Waals surface area contributed by atoms with Gasteiger partial charge in [-0.05, 0) is 49.1 Å². The van der Waals surface area contributed by atoms with Crippen molar-refractivity contribution in [1.29, 1.82) is 0 Å².